The molecule has 0 aromatic heterocycles. The molecule has 0 fully saturated rings. The molecule has 0 aliphatic heterocycles. The van der Waals surface area contributed by atoms with Crippen molar-refractivity contribution in [1.29, 1.82) is 0 Å². The van der Waals surface area contributed by atoms with Crippen molar-refractivity contribution < 1.29 is 93.7 Å². The number of hydrogen-bond donors (Lipinski definition) is 6. The topological polar surface area (TPSA) is 224 Å². The zero-order chi connectivity index (χ0) is 29.0. The van der Waals surface area contributed by atoms with Crippen LogP contribution in [0, 0.1) is 0 Å². The van der Waals surface area contributed by atoms with Crippen LogP contribution in [0.15, 0.2) is 0 Å². The predicted octanol–water partition coefficient (Wildman–Crippen LogP) is 0.0299. The lowest BCUT2D eigenvalue weighted by Crippen LogP contribution is -2.25. The molecular weight excluding hydrogens is 579 g/mol. The van der Waals surface area contributed by atoms with E-state index in [-0.39, 0.29) is 6.61 Å². The van der Waals surface area contributed by atoms with Gasteiger partial charge in [0.05, 0.1) is 12.7 Å². The van der Waals surface area contributed by atoms with E-state index in [1.165, 1.54) is 6.92 Å². The van der Waals surface area contributed by atoms with Gasteiger partial charge in [0, 0.05) is 0 Å². The van der Waals surface area contributed by atoms with Crippen molar-refractivity contribution in [2.45, 2.75) is 37.7 Å². The lowest BCUT2D eigenvalue weighted by atomic mass is 10.2. The average molecular weight is 598 g/mol. The molecule has 0 aromatic rings. The van der Waals surface area contributed by atoms with Crippen molar-refractivity contribution in [3.05, 3.63) is 0 Å². The number of aliphatic hydroxyl groups is 3. The maximum Gasteiger partial charge on any atom is 0.405 e. The van der Waals surface area contributed by atoms with Crippen molar-refractivity contribution in [3.8, 4) is 0 Å². The van der Waals surface area contributed by atoms with Crippen molar-refractivity contribution in [2.75, 3.05) is 23.9 Å². The summed E-state index contributed by atoms with van der Waals surface area (Å²) in [5, 5.41) is 24.9. The van der Waals surface area contributed by atoms with Crippen LogP contribution in [0.2, 0.25) is 0 Å². The third kappa shape index (κ3) is 52.7. The molecule has 0 spiro atoms. The Morgan fingerprint density at radius 1 is 0.588 bits per heavy atom. The Bertz CT molecular complexity index is 754. The molecule has 0 aliphatic rings. The van der Waals surface area contributed by atoms with Crippen LogP contribution in [-0.4, -0.2) is 109 Å². The fourth-order valence-electron chi connectivity index (χ4n) is 0.773. The largest absolute Gasteiger partial charge is 0.405 e. The van der Waals surface area contributed by atoms with Crippen LogP contribution in [0.3, 0.4) is 0 Å². The van der Waals surface area contributed by atoms with Gasteiger partial charge in [-0.05, 0) is 6.92 Å². The quantitative estimate of drug-likeness (QED) is 0.182. The summed E-state index contributed by atoms with van der Waals surface area (Å²) in [5.41, 5.74) is 0. The molecule has 0 saturated carbocycles. The zero-order valence-corrected chi connectivity index (χ0v) is 18.7. The minimum atomic E-state index is -4.91. The first-order valence-electron chi connectivity index (χ1n) is 7.33. The van der Waals surface area contributed by atoms with Crippen LogP contribution < -0.4 is 0 Å². The monoisotopic (exact) mass is 598 g/mol. The van der Waals surface area contributed by atoms with Gasteiger partial charge in [-0.3, -0.25) is 13.7 Å². The van der Waals surface area contributed by atoms with Gasteiger partial charge in [0.2, 0.25) is 0 Å². The standard InChI is InChI=1S/C4H10O3.3C2H3F3O3S/c1-3(6)4(7)2-5;3*3-2(4,5)1-9(6,7)8/h3-7H,2H2,1H3;3*1H2,(H,6,7,8). The van der Waals surface area contributed by atoms with Crippen LogP contribution in [0.25, 0.3) is 0 Å². The molecule has 34 heavy (non-hydrogen) atoms. The van der Waals surface area contributed by atoms with Crippen molar-refractivity contribution in [2.24, 2.45) is 0 Å². The maximum absolute atomic E-state index is 11.0. The Morgan fingerprint density at radius 3 is 0.765 bits per heavy atom. The van der Waals surface area contributed by atoms with Crippen LogP contribution in [0.4, 0.5) is 39.5 Å². The first-order valence-corrected chi connectivity index (χ1v) is 12.2. The van der Waals surface area contributed by atoms with Gasteiger partial charge in [0.25, 0.3) is 30.4 Å². The highest BCUT2D eigenvalue weighted by atomic mass is 32.2. The number of rotatable bonds is 5. The van der Waals surface area contributed by atoms with E-state index in [0.717, 1.165) is 0 Å². The van der Waals surface area contributed by atoms with Crippen molar-refractivity contribution in [3.63, 3.8) is 0 Å². The highest BCUT2D eigenvalue weighted by Crippen LogP contribution is 2.17. The fourth-order valence-corrected chi connectivity index (χ4v) is 2.01. The molecule has 2 atom stereocenters. The molecule has 12 nitrogen and oxygen atoms in total. The molecule has 0 radical (unpaired) electrons. The molecule has 212 valence electrons. The summed E-state index contributed by atoms with van der Waals surface area (Å²) in [6.45, 7) is 1.04. The van der Waals surface area contributed by atoms with E-state index >= 15 is 0 Å². The number of aliphatic hydroxyl groups excluding tert-OH is 3. The van der Waals surface area contributed by atoms with Gasteiger partial charge >= 0.3 is 18.5 Å². The second-order valence-electron chi connectivity index (χ2n) is 5.51. The fraction of sp³-hybridized carbons (Fsp3) is 1.00. The van der Waals surface area contributed by atoms with Gasteiger partial charge in [-0.2, -0.15) is 64.8 Å². The van der Waals surface area contributed by atoms with Gasteiger partial charge in [0.15, 0.2) is 17.3 Å². The van der Waals surface area contributed by atoms with Crippen LogP contribution in [0.5, 0.6) is 0 Å². The van der Waals surface area contributed by atoms with E-state index in [4.69, 9.17) is 29.0 Å². The lowest BCUT2D eigenvalue weighted by molar-refractivity contribution is -0.108. The van der Waals surface area contributed by atoms with E-state index in [2.05, 4.69) is 0 Å². The number of alkyl halides is 9. The van der Waals surface area contributed by atoms with Gasteiger partial charge in [0.1, 0.15) is 6.10 Å². The molecule has 6 N–H and O–H groups in total. The minimum Gasteiger partial charge on any atom is -0.394 e. The van der Waals surface area contributed by atoms with Crippen LogP contribution in [0.1, 0.15) is 6.92 Å². The van der Waals surface area contributed by atoms with E-state index in [9.17, 15) is 64.8 Å². The van der Waals surface area contributed by atoms with Crippen molar-refractivity contribution >= 4 is 30.4 Å². The third-order valence-electron chi connectivity index (χ3n) is 1.78. The second kappa shape index (κ2) is 15.2. The van der Waals surface area contributed by atoms with Crippen LogP contribution in [-0.2, 0) is 30.4 Å². The van der Waals surface area contributed by atoms with Gasteiger partial charge in [-0.1, -0.05) is 0 Å². The van der Waals surface area contributed by atoms with Gasteiger partial charge in [-0.15, -0.1) is 0 Å². The minimum absolute atomic E-state index is 0.377. The third-order valence-corrected chi connectivity index (χ3v) is 3.86. The summed E-state index contributed by atoms with van der Waals surface area (Å²) in [6, 6.07) is 0. The molecule has 0 aliphatic carbocycles. The zero-order valence-electron chi connectivity index (χ0n) is 16.2. The van der Waals surface area contributed by atoms with E-state index in [1.54, 1.807) is 0 Å². The first kappa shape index (κ1) is 40.2. The summed E-state index contributed by atoms with van der Waals surface area (Å²) in [4.78, 5) is 0. The Balaban J connectivity index is -0.000000177. The van der Waals surface area contributed by atoms with E-state index < -0.39 is 78.3 Å². The van der Waals surface area contributed by atoms with Crippen molar-refractivity contribution in [1.82, 2.24) is 0 Å². The Hall–Kier alpha value is -1.02. The molecule has 24 heteroatoms. The highest BCUT2D eigenvalue weighted by molar-refractivity contribution is 7.86. The van der Waals surface area contributed by atoms with E-state index in [0.29, 0.717) is 0 Å². The SMILES string of the molecule is CC(O)C(O)CO.O=S(=O)(O)CC(F)(F)F.O=S(=O)(O)CC(F)(F)F.O=S(=O)(O)CC(F)(F)F. The highest BCUT2D eigenvalue weighted by Gasteiger charge is 2.35. The summed E-state index contributed by atoms with van der Waals surface area (Å²) >= 11 is 0. The smallest absolute Gasteiger partial charge is 0.394 e. The number of halogens is 9. The van der Waals surface area contributed by atoms with Crippen LogP contribution >= 0.6 is 0 Å². The second-order valence-corrected chi connectivity index (χ2v) is 9.87. The Kier molecular flexibility index (Phi) is 17.9. The Labute approximate surface area is 186 Å². The summed E-state index contributed by atoms with van der Waals surface area (Å²) < 4.78 is 179. The maximum atomic E-state index is 11.0. The predicted molar refractivity (Wildman–Crippen MR) is 92.2 cm³/mol. The molecule has 0 amide bonds. The van der Waals surface area contributed by atoms with Gasteiger partial charge in [-0.25, -0.2) is 0 Å². The molecule has 0 aromatic carbocycles. The average Bonchev–Trinajstić information content (AvgIpc) is 2.35. The Morgan fingerprint density at radius 2 is 0.765 bits per heavy atom. The summed E-state index contributed by atoms with van der Waals surface area (Å²) in [6.07, 6.45) is -16.4. The normalized spacial score (nSPS) is 14.8. The summed E-state index contributed by atoms with van der Waals surface area (Å²) in [5.74, 6) is -6.54. The molecular formula is C10H19F9O12S3. The van der Waals surface area contributed by atoms with E-state index in [1.807, 2.05) is 0 Å². The lowest BCUT2D eigenvalue weighted by Gasteiger charge is -2.07. The molecule has 0 bridgehead atoms. The molecule has 0 rings (SSSR count). The first-order chi connectivity index (χ1) is 14.3. The molecule has 2 unspecified atom stereocenters. The number of hydrogen-bond acceptors (Lipinski definition) is 9. The molecule has 0 saturated heterocycles. The molecule has 0 heterocycles. The summed E-state index contributed by atoms with van der Waals surface area (Å²) in [7, 11) is -14.7. The van der Waals surface area contributed by atoms with Gasteiger partial charge < -0.3 is 15.3 Å².